The van der Waals surface area contributed by atoms with Gasteiger partial charge in [0.15, 0.2) is 10.9 Å². The lowest BCUT2D eigenvalue weighted by atomic mass is 10.2. The second-order valence-corrected chi connectivity index (χ2v) is 8.09. The molecule has 5 rings (SSSR count). The van der Waals surface area contributed by atoms with Gasteiger partial charge in [0.2, 0.25) is 5.78 Å². The molecule has 2 heterocycles. The molecule has 0 amide bonds. The molecule has 2 aromatic heterocycles. The third-order valence-corrected chi connectivity index (χ3v) is 6.02. The van der Waals surface area contributed by atoms with Crippen LogP contribution < -0.4 is 5.56 Å². The fraction of sp³-hybridized carbons (Fsp3) is 0.0800. The number of furan rings is 1. The maximum Gasteiger partial charge on any atom is 0.262 e. The monoisotopic (exact) mass is 426 g/mol. The van der Waals surface area contributed by atoms with Gasteiger partial charge in [-0.05, 0) is 29.8 Å². The number of Topliss-reactive ketones (excluding diaryl/α,β-unsaturated/α-hetero) is 1. The molecule has 3 aromatic carbocycles. The Kier molecular flexibility index (Phi) is 5.14. The summed E-state index contributed by atoms with van der Waals surface area (Å²) in [5, 5.41) is 1.96. The van der Waals surface area contributed by atoms with Crippen LogP contribution in [0, 0.1) is 0 Å². The number of para-hydroxylation sites is 2. The van der Waals surface area contributed by atoms with Crippen molar-refractivity contribution in [1.29, 1.82) is 0 Å². The van der Waals surface area contributed by atoms with Gasteiger partial charge in [0.1, 0.15) is 5.58 Å². The van der Waals surface area contributed by atoms with Crippen LogP contribution in [-0.2, 0) is 6.54 Å². The van der Waals surface area contributed by atoms with Crippen LogP contribution in [0.4, 0.5) is 0 Å². The van der Waals surface area contributed by atoms with Crippen molar-refractivity contribution in [2.75, 3.05) is 5.75 Å². The van der Waals surface area contributed by atoms with Gasteiger partial charge in [0, 0.05) is 5.39 Å². The van der Waals surface area contributed by atoms with Crippen molar-refractivity contribution in [3.05, 3.63) is 107 Å². The molecule has 31 heavy (non-hydrogen) atoms. The van der Waals surface area contributed by atoms with E-state index in [2.05, 4.69) is 4.98 Å². The van der Waals surface area contributed by atoms with Crippen LogP contribution in [0.5, 0.6) is 0 Å². The number of aromatic nitrogens is 2. The molecule has 0 bridgehead atoms. The summed E-state index contributed by atoms with van der Waals surface area (Å²) < 4.78 is 7.32. The van der Waals surface area contributed by atoms with E-state index in [1.807, 2.05) is 72.8 Å². The van der Waals surface area contributed by atoms with Crippen LogP contribution in [0.1, 0.15) is 16.1 Å². The molecular weight excluding hydrogens is 408 g/mol. The van der Waals surface area contributed by atoms with Gasteiger partial charge in [-0.1, -0.05) is 72.4 Å². The van der Waals surface area contributed by atoms with Crippen LogP contribution in [0.2, 0.25) is 0 Å². The molecule has 5 aromatic rings. The minimum absolute atomic E-state index is 0.117. The maximum absolute atomic E-state index is 13.2. The van der Waals surface area contributed by atoms with Gasteiger partial charge in [-0.2, -0.15) is 0 Å². The Labute approximate surface area is 182 Å². The Bertz CT molecular complexity index is 1420. The molecule has 0 N–H and O–H groups in total. The Hall–Kier alpha value is -3.64. The molecule has 0 aliphatic heterocycles. The highest BCUT2D eigenvalue weighted by atomic mass is 32.2. The Morgan fingerprint density at radius 2 is 1.68 bits per heavy atom. The van der Waals surface area contributed by atoms with E-state index in [0.717, 1.165) is 10.9 Å². The van der Waals surface area contributed by atoms with Crippen molar-refractivity contribution in [1.82, 2.24) is 9.55 Å². The summed E-state index contributed by atoms with van der Waals surface area (Å²) in [4.78, 5) is 30.7. The smallest absolute Gasteiger partial charge is 0.262 e. The zero-order valence-corrected chi connectivity index (χ0v) is 17.3. The van der Waals surface area contributed by atoms with Crippen LogP contribution >= 0.6 is 11.8 Å². The first kappa shape index (κ1) is 19.3. The number of hydrogen-bond acceptors (Lipinski definition) is 5. The predicted molar refractivity (Wildman–Crippen MR) is 123 cm³/mol. The molecule has 6 heteroatoms. The quantitative estimate of drug-likeness (QED) is 0.213. The number of thioether (sulfide) groups is 1. The number of carbonyl (C=O) groups excluding carboxylic acids is 1. The van der Waals surface area contributed by atoms with E-state index in [1.165, 1.54) is 11.8 Å². The molecular formula is C25H18N2O3S. The zero-order chi connectivity index (χ0) is 21.2. The minimum atomic E-state index is -0.144. The third kappa shape index (κ3) is 3.90. The van der Waals surface area contributed by atoms with Crippen LogP contribution in [0.25, 0.3) is 21.9 Å². The number of hydrogen-bond donors (Lipinski definition) is 0. The molecule has 5 nitrogen and oxygen atoms in total. The summed E-state index contributed by atoms with van der Waals surface area (Å²) in [7, 11) is 0. The molecule has 0 aliphatic carbocycles. The van der Waals surface area contributed by atoms with Crippen LogP contribution in [0.3, 0.4) is 0 Å². The van der Waals surface area contributed by atoms with E-state index in [9.17, 15) is 9.59 Å². The lowest BCUT2D eigenvalue weighted by Gasteiger charge is -2.13. The summed E-state index contributed by atoms with van der Waals surface area (Å²) in [6.45, 7) is 0.388. The topological polar surface area (TPSA) is 65.1 Å². The molecule has 0 unspecified atom stereocenters. The first-order valence-electron chi connectivity index (χ1n) is 9.87. The van der Waals surface area contributed by atoms with Gasteiger partial charge < -0.3 is 4.42 Å². The maximum atomic E-state index is 13.2. The van der Waals surface area contributed by atoms with E-state index in [4.69, 9.17) is 4.42 Å². The highest BCUT2D eigenvalue weighted by Crippen LogP contribution is 2.23. The van der Waals surface area contributed by atoms with Crippen LogP contribution in [-0.4, -0.2) is 21.1 Å². The molecule has 0 aliphatic rings. The highest BCUT2D eigenvalue weighted by molar-refractivity contribution is 7.99. The summed E-state index contributed by atoms with van der Waals surface area (Å²) in [6, 6.07) is 26.3. The van der Waals surface area contributed by atoms with Crippen molar-refractivity contribution in [2.24, 2.45) is 0 Å². The van der Waals surface area contributed by atoms with Crippen molar-refractivity contribution in [3.8, 4) is 0 Å². The second kappa shape index (κ2) is 8.24. The third-order valence-electron chi connectivity index (χ3n) is 5.04. The van der Waals surface area contributed by atoms with Crippen molar-refractivity contribution < 1.29 is 9.21 Å². The van der Waals surface area contributed by atoms with E-state index in [-0.39, 0.29) is 17.1 Å². The Morgan fingerprint density at radius 3 is 2.52 bits per heavy atom. The molecule has 0 radical (unpaired) electrons. The number of nitrogens with zero attached hydrogens (tertiary/aromatic N) is 2. The van der Waals surface area contributed by atoms with Crippen LogP contribution in [0.15, 0.2) is 99.3 Å². The number of ketones is 1. The molecule has 0 saturated carbocycles. The number of benzene rings is 3. The minimum Gasteiger partial charge on any atom is -0.453 e. The fourth-order valence-corrected chi connectivity index (χ4v) is 4.35. The molecule has 152 valence electrons. The van der Waals surface area contributed by atoms with Gasteiger partial charge in [-0.25, -0.2) is 4.98 Å². The predicted octanol–water partition coefficient (Wildman–Crippen LogP) is 5.17. The summed E-state index contributed by atoms with van der Waals surface area (Å²) in [6.07, 6.45) is 0. The van der Waals surface area contributed by atoms with E-state index in [0.29, 0.717) is 33.9 Å². The van der Waals surface area contributed by atoms with Gasteiger partial charge in [0.05, 0.1) is 23.2 Å². The number of fused-ring (bicyclic) bond motifs is 2. The molecule has 0 spiro atoms. The SMILES string of the molecule is O=C(CSc1nc2ccccc2c(=O)n1Cc1ccccc1)c1cc2ccccc2o1. The zero-order valence-electron chi connectivity index (χ0n) is 16.5. The van der Waals surface area contributed by atoms with E-state index >= 15 is 0 Å². The number of carbonyl (C=O) groups is 1. The largest absolute Gasteiger partial charge is 0.453 e. The summed E-state index contributed by atoms with van der Waals surface area (Å²) >= 11 is 1.25. The van der Waals surface area contributed by atoms with Gasteiger partial charge >= 0.3 is 0 Å². The molecule has 0 saturated heterocycles. The lowest BCUT2D eigenvalue weighted by Crippen LogP contribution is -2.24. The highest BCUT2D eigenvalue weighted by Gasteiger charge is 2.17. The summed E-state index contributed by atoms with van der Waals surface area (Å²) in [5.74, 6) is 0.292. The normalized spacial score (nSPS) is 11.2. The summed E-state index contributed by atoms with van der Waals surface area (Å²) in [5.41, 5.74) is 2.18. The standard InChI is InChI=1S/C25H18N2O3S/c28-21(23-14-18-10-4-7-13-22(18)30-23)16-31-25-26-20-12-6-5-11-19(20)24(29)27(25)15-17-8-2-1-3-9-17/h1-14H,15-16H2. The van der Waals surface area contributed by atoms with Gasteiger partial charge in [-0.15, -0.1) is 0 Å². The first-order chi connectivity index (χ1) is 15.2. The van der Waals surface area contributed by atoms with Crippen molar-refractivity contribution >= 4 is 39.4 Å². The van der Waals surface area contributed by atoms with E-state index < -0.39 is 0 Å². The average molecular weight is 426 g/mol. The average Bonchev–Trinajstić information content (AvgIpc) is 3.25. The first-order valence-corrected chi connectivity index (χ1v) is 10.9. The van der Waals surface area contributed by atoms with Gasteiger partial charge in [-0.3, -0.25) is 14.2 Å². The second-order valence-electron chi connectivity index (χ2n) is 7.15. The fourth-order valence-electron chi connectivity index (χ4n) is 3.48. The Morgan fingerprint density at radius 1 is 0.935 bits per heavy atom. The lowest BCUT2D eigenvalue weighted by molar-refractivity contribution is 0.0994. The number of rotatable bonds is 6. The Balaban J connectivity index is 1.48. The van der Waals surface area contributed by atoms with Crippen molar-refractivity contribution in [3.63, 3.8) is 0 Å². The van der Waals surface area contributed by atoms with E-state index in [1.54, 1.807) is 16.7 Å². The van der Waals surface area contributed by atoms with Crippen molar-refractivity contribution in [2.45, 2.75) is 11.7 Å². The van der Waals surface area contributed by atoms with Gasteiger partial charge in [0.25, 0.3) is 5.56 Å². The molecule has 0 fully saturated rings. The molecule has 0 atom stereocenters.